The molecule has 1 aromatic carbocycles. The molecule has 0 aromatic heterocycles. The van der Waals surface area contributed by atoms with Gasteiger partial charge in [-0.05, 0) is 55.6 Å². The fraction of sp³-hybridized carbons (Fsp3) is 0.647. The summed E-state index contributed by atoms with van der Waals surface area (Å²) in [5.74, 6) is 0.688. The summed E-state index contributed by atoms with van der Waals surface area (Å²) >= 11 is 0. The summed E-state index contributed by atoms with van der Waals surface area (Å²) in [5.41, 5.74) is 9.39. The molecule has 1 nitrogen and oxygen atoms in total. The number of hydrogen-bond donors (Lipinski definition) is 1. The molecule has 100 valence electrons. The third kappa shape index (κ3) is 2.95. The van der Waals surface area contributed by atoms with Gasteiger partial charge in [0.2, 0.25) is 0 Å². The van der Waals surface area contributed by atoms with E-state index < -0.39 is 0 Å². The molecule has 1 atom stereocenters. The summed E-state index contributed by atoms with van der Waals surface area (Å²) in [5, 5.41) is 0. The van der Waals surface area contributed by atoms with Gasteiger partial charge in [0.25, 0.3) is 0 Å². The fourth-order valence-electron chi connectivity index (χ4n) is 3.40. The van der Waals surface area contributed by atoms with Crippen LogP contribution in [0.1, 0.15) is 70.4 Å². The highest BCUT2D eigenvalue weighted by molar-refractivity contribution is 5.35. The lowest BCUT2D eigenvalue weighted by Crippen LogP contribution is -2.31. The van der Waals surface area contributed by atoms with Crippen molar-refractivity contribution in [1.82, 2.24) is 0 Å². The molecule has 2 N–H and O–H groups in total. The maximum Gasteiger partial charge on any atom is 0.0355 e. The summed E-state index contributed by atoms with van der Waals surface area (Å²) in [6.07, 6.45) is 5.31. The van der Waals surface area contributed by atoms with Gasteiger partial charge in [-0.15, -0.1) is 0 Å². The SMILES string of the molecule is CC1(C)CCCC(c2ccccc2C(C)(C)N)C1. The Balaban J connectivity index is 2.33. The summed E-state index contributed by atoms with van der Waals surface area (Å²) in [4.78, 5) is 0. The predicted molar refractivity (Wildman–Crippen MR) is 78.6 cm³/mol. The Labute approximate surface area is 112 Å². The van der Waals surface area contributed by atoms with Crippen molar-refractivity contribution in [1.29, 1.82) is 0 Å². The van der Waals surface area contributed by atoms with Crippen molar-refractivity contribution in [3.8, 4) is 0 Å². The topological polar surface area (TPSA) is 26.0 Å². The minimum atomic E-state index is -0.238. The first-order valence-corrected chi connectivity index (χ1v) is 7.18. The standard InChI is InChI=1S/C17H27N/c1-16(2)11-7-8-13(12-16)14-9-5-6-10-15(14)17(3,4)18/h5-6,9-10,13H,7-8,11-12,18H2,1-4H3. The molecule has 0 aliphatic heterocycles. The van der Waals surface area contributed by atoms with Gasteiger partial charge in [0.1, 0.15) is 0 Å². The Kier molecular flexibility index (Phi) is 3.55. The number of benzene rings is 1. The Morgan fingerprint density at radius 2 is 1.89 bits per heavy atom. The van der Waals surface area contributed by atoms with E-state index >= 15 is 0 Å². The lowest BCUT2D eigenvalue weighted by Gasteiger charge is -2.37. The molecule has 2 rings (SSSR count). The molecule has 1 aromatic rings. The van der Waals surface area contributed by atoms with E-state index in [0.29, 0.717) is 11.3 Å². The van der Waals surface area contributed by atoms with E-state index in [0.717, 1.165) is 0 Å². The summed E-state index contributed by atoms with van der Waals surface area (Å²) in [7, 11) is 0. The highest BCUT2D eigenvalue weighted by atomic mass is 14.7. The smallest absolute Gasteiger partial charge is 0.0355 e. The van der Waals surface area contributed by atoms with E-state index in [1.807, 2.05) is 0 Å². The minimum Gasteiger partial charge on any atom is -0.322 e. The molecule has 1 unspecified atom stereocenters. The lowest BCUT2D eigenvalue weighted by molar-refractivity contribution is 0.218. The highest BCUT2D eigenvalue weighted by Gasteiger charge is 2.31. The quantitative estimate of drug-likeness (QED) is 0.812. The van der Waals surface area contributed by atoms with Gasteiger partial charge in [-0.1, -0.05) is 44.5 Å². The number of nitrogens with two attached hydrogens (primary N) is 1. The van der Waals surface area contributed by atoms with Crippen LogP contribution in [0.2, 0.25) is 0 Å². The van der Waals surface area contributed by atoms with Crippen LogP contribution in [0, 0.1) is 5.41 Å². The maximum absolute atomic E-state index is 6.33. The Morgan fingerprint density at radius 1 is 1.22 bits per heavy atom. The first-order valence-electron chi connectivity index (χ1n) is 7.18. The molecule has 0 saturated heterocycles. The summed E-state index contributed by atoms with van der Waals surface area (Å²) in [6, 6.07) is 8.76. The third-order valence-electron chi connectivity index (χ3n) is 4.30. The van der Waals surface area contributed by atoms with Crippen molar-refractivity contribution < 1.29 is 0 Å². The fourth-order valence-corrected chi connectivity index (χ4v) is 3.40. The van der Waals surface area contributed by atoms with Crippen molar-refractivity contribution in [2.45, 2.75) is 64.8 Å². The number of hydrogen-bond acceptors (Lipinski definition) is 1. The van der Waals surface area contributed by atoms with Crippen molar-refractivity contribution in [3.63, 3.8) is 0 Å². The van der Waals surface area contributed by atoms with Gasteiger partial charge in [0.15, 0.2) is 0 Å². The first-order chi connectivity index (χ1) is 8.30. The first kappa shape index (κ1) is 13.6. The summed E-state index contributed by atoms with van der Waals surface area (Å²) in [6.45, 7) is 9.02. The average Bonchev–Trinajstić information content (AvgIpc) is 2.26. The van der Waals surface area contributed by atoms with Gasteiger partial charge in [-0.25, -0.2) is 0 Å². The van der Waals surface area contributed by atoms with Gasteiger partial charge in [-0.3, -0.25) is 0 Å². The molecular weight excluding hydrogens is 218 g/mol. The molecule has 0 heterocycles. The van der Waals surface area contributed by atoms with Crippen molar-refractivity contribution in [2.24, 2.45) is 11.1 Å². The Morgan fingerprint density at radius 3 is 2.50 bits per heavy atom. The second-order valence-corrected chi connectivity index (χ2v) is 7.27. The molecule has 1 aliphatic rings. The third-order valence-corrected chi connectivity index (χ3v) is 4.30. The van der Waals surface area contributed by atoms with Gasteiger partial charge in [0, 0.05) is 5.54 Å². The molecule has 0 bridgehead atoms. The van der Waals surface area contributed by atoms with Crippen LogP contribution in [0.4, 0.5) is 0 Å². The van der Waals surface area contributed by atoms with Crippen molar-refractivity contribution in [3.05, 3.63) is 35.4 Å². The molecule has 1 aliphatic carbocycles. The zero-order valence-corrected chi connectivity index (χ0v) is 12.3. The monoisotopic (exact) mass is 245 g/mol. The Hall–Kier alpha value is -0.820. The molecule has 1 fully saturated rings. The van der Waals surface area contributed by atoms with Gasteiger partial charge < -0.3 is 5.73 Å². The maximum atomic E-state index is 6.33. The van der Waals surface area contributed by atoms with Crippen molar-refractivity contribution >= 4 is 0 Å². The minimum absolute atomic E-state index is 0.238. The molecule has 1 heteroatoms. The van der Waals surface area contributed by atoms with E-state index in [1.165, 1.54) is 36.8 Å². The summed E-state index contributed by atoms with van der Waals surface area (Å²) < 4.78 is 0. The zero-order chi connectivity index (χ0) is 13.4. The zero-order valence-electron chi connectivity index (χ0n) is 12.3. The van der Waals surface area contributed by atoms with E-state index in [9.17, 15) is 0 Å². The normalized spacial score (nSPS) is 23.9. The van der Waals surface area contributed by atoms with Crippen LogP contribution < -0.4 is 5.73 Å². The second-order valence-electron chi connectivity index (χ2n) is 7.27. The molecule has 18 heavy (non-hydrogen) atoms. The average molecular weight is 245 g/mol. The largest absolute Gasteiger partial charge is 0.322 e. The molecule has 0 amide bonds. The molecule has 1 saturated carbocycles. The highest BCUT2D eigenvalue weighted by Crippen LogP contribution is 2.45. The van der Waals surface area contributed by atoms with Gasteiger partial charge >= 0.3 is 0 Å². The van der Waals surface area contributed by atoms with Gasteiger partial charge in [0.05, 0.1) is 0 Å². The lowest BCUT2D eigenvalue weighted by atomic mass is 9.68. The van der Waals surface area contributed by atoms with Gasteiger partial charge in [-0.2, -0.15) is 0 Å². The van der Waals surface area contributed by atoms with E-state index in [1.54, 1.807) is 0 Å². The van der Waals surface area contributed by atoms with Crippen LogP contribution >= 0.6 is 0 Å². The molecular formula is C17H27N. The van der Waals surface area contributed by atoms with Crippen LogP contribution in [-0.2, 0) is 5.54 Å². The number of rotatable bonds is 2. The van der Waals surface area contributed by atoms with Crippen LogP contribution in [0.5, 0.6) is 0 Å². The molecule has 0 spiro atoms. The molecule has 0 radical (unpaired) electrons. The van der Waals surface area contributed by atoms with Crippen LogP contribution in [0.25, 0.3) is 0 Å². The van der Waals surface area contributed by atoms with Crippen LogP contribution in [0.15, 0.2) is 24.3 Å². The van der Waals surface area contributed by atoms with E-state index in [2.05, 4.69) is 52.0 Å². The van der Waals surface area contributed by atoms with Crippen molar-refractivity contribution in [2.75, 3.05) is 0 Å². The van der Waals surface area contributed by atoms with Crippen LogP contribution in [0.3, 0.4) is 0 Å². The predicted octanol–water partition coefficient (Wildman–Crippen LogP) is 4.56. The van der Waals surface area contributed by atoms with Crippen LogP contribution in [-0.4, -0.2) is 0 Å². The second kappa shape index (κ2) is 4.70. The van der Waals surface area contributed by atoms with E-state index in [-0.39, 0.29) is 5.54 Å². The Bertz CT molecular complexity index is 412. The van der Waals surface area contributed by atoms with E-state index in [4.69, 9.17) is 5.73 Å².